The van der Waals surface area contributed by atoms with Crippen molar-refractivity contribution in [3.05, 3.63) is 58.7 Å². The Morgan fingerprint density at radius 3 is 2.38 bits per heavy atom. The van der Waals surface area contributed by atoms with Gasteiger partial charge in [0.25, 0.3) is 0 Å². The van der Waals surface area contributed by atoms with E-state index < -0.39 is 22.7 Å². The molecule has 0 radical (unpaired) electrons. The summed E-state index contributed by atoms with van der Waals surface area (Å²) in [7, 11) is -1.75. The van der Waals surface area contributed by atoms with Gasteiger partial charge in [-0.2, -0.15) is 18.3 Å². The molecule has 0 aliphatic heterocycles. The van der Waals surface area contributed by atoms with E-state index >= 15 is 0 Å². The molecule has 1 atom stereocenters. The summed E-state index contributed by atoms with van der Waals surface area (Å²) in [5.41, 5.74) is 0.687. The topological polar surface area (TPSA) is 46.4 Å². The van der Waals surface area contributed by atoms with Crippen LogP contribution in [0.15, 0.2) is 47.4 Å². The van der Waals surface area contributed by atoms with Crippen LogP contribution >= 0.6 is 11.6 Å². The first kappa shape index (κ1) is 18.7. The highest BCUT2D eigenvalue weighted by Gasteiger charge is 2.30. The van der Waals surface area contributed by atoms with Crippen LogP contribution in [-0.2, 0) is 17.2 Å². The Labute approximate surface area is 155 Å². The van der Waals surface area contributed by atoms with Crippen LogP contribution in [0.25, 0.3) is 5.52 Å². The summed E-state index contributed by atoms with van der Waals surface area (Å²) in [5.74, 6) is 0.605. The minimum Gasteiger partial charge on any atom is -0.285 e. The first-order valence-corrected chi connectivity index (χ1v) is 9.23. The summed E-state index contributed by atoms with van der Waals surface area (Å²) in [6.07, 6.45) is -4.43. The van der Waals surface area contributed by atoms with Gasteiger partial charge in [-0.25, -0.2) is 8.72 Å². The van der Waals surface area contributed by atoms with Gasteiger partial charge in [0.05, 0.1) is 26.7 Å². The van der Waals surface area contributed by atoms with Crippen LogP contribution in [-0.4, -0.2) is 13.8 Å². The number of alkyl halides is 3. The molecule has 1 aromatic carbocycles. The molecule has 1 N–H and O–H groups in total. The highest BCUT2D eigenvalue weighted by molar-refractivity contribution is 7.86. The quantitative estimate of drug-likeness (QED) is 0.647. The Balaban J connectivity index is 1.91. The van der Waals surface area contributed by atoms with Crippen LogP contribution in [0.4, 0.5) is 19.0 Å². The number of nitrogens with zero attached hydrogens (tertiary/aromatic N) is 2. The maximum absolute atomic E-state index is 12.6. The molecule has 3 aromatic rings. The molecule has 0 saturated heterocycles. The number of hydrogen-bond donors (Lipinski definition) is 1. The maximum atomic E-state index is 12.6. The van der Waals surface area contributed by atoms with E-state index in [-0.39, 0.29) is 10.8 Å². The molecule has 2 heterocycles. The molecule has 0 saturated carbocycles. The van der Waals surface area contributed by atoms with Crippen molar-refractivity contribution in [1.82, 2.24) is 9.61 Å². The normalized spacial score (nSPS) is 13.3. The van der Waals surface area contributed by atoms with E-state index in [0.29, 0.717) is 16.4 Å². The Morgan fingerprint density at radius 1 is 1.15 bits per heavy atom. The fourth-order valence-corrected chi connectivity index (χ4v) is 3.39. The number of nitrogens with one attached hydrogen (secondary N) is 1. The monoisotopic (exact) mass is 401 g/mol. The van der Waals surface area contributed by atoms with Crippen LogP contribution in [0.2, 0.25) is 5.02 Å². The van der Waals surface area contributed by atoms with Crippen LogP contribution in [0, 0.1) is 0 Å². The first-order chi connectivity index (χ1) is 12.2. The Morgan fingerprint density at radius 2 is 1.81 bits per heavy atom. The van der Waals surface area contributed by atoms with Gasteiger partial charge in [-0.05, 0) is 48.4 Å². The van der Waals surface area contributed by atoms with E-state index in [1.807, 2.05) is 19.9 Å². The number of benzene rings is 1. The Bertz CT molecular complexity index is 968. The van der Waals surface area contributed by atoms with Crippen molar-refractivity contribution in [2.75, 3.05) is 4.72 Å². The van der Waals surface area contributed by atoms with Crippen molar-refractivity contribution in [2.45, 2.75) is 30.8 Å². The van der Waals surface area contributed by atoms with Crippen molar-refractivity contribution in [3.8, 4) is 0 Å². The standard InChI is InChI=1S/C17H15ClF3N3OS/c1-10(2)14-9-15-13(18)7-8-16(24(15)22-14)23-26(25)12-5-3-11(4-6-12)17(19,20)21/h3-10,23H,1-2H3. The second-order valence-electron chi connectivity index (χ2n) is 5.98. The van der Waals surface area contributed by atoms with Crippen LogP contribution in [0.5, 0.6) is 0 Å². The predicted octanol–water partition coefficient (Wildman–Crippen LogP) is 5.26. The van der Waals surface area contributed by atoms with Gasteiger partial charge in [-0.3, -0.25) is 4.72 Å². The van der Waals surface area contributed by atoms with Crippen molar-refractivity contribution in [2.24, 2.45) is 0 Å². The zero-order chi connectivity index (χ0) is 19.1. The average Bonchev–Trinajstić information content (AvgIpc) is 3.03. The summed E-state index contributed by atoms with van der Waals surface area (Å²) >= 11 is 6.19. The van der Waals surface area contributed by atoms with Crippen LogP contribution in [0.3, 0.4) is 0 Å². The molecule has 0 fully saturated rings. The molecule has 0 aliphatic carbocycles. The van der Waals surface area contributed by atoms with E-state index in [1.54, 1.807) is 16.6 Å². The Hall–Kier alpha value is -2.06. The lowest BCUT2D eigenvalue weighted by molar-refractivity contribution is -0.137. The third-order valence-electron chi connectivity index (χ3n) is 3.77. The number of aromatic nitrogens is 2. The molecule has 0 aliphatic rings. The lowest BCUT2D eigenvalue weighted by Crippen LogP contribution is -2.10. The van der Waals surface area contributed by atoms with Crippen molar-refractivity contribution in [3.63, 3.8) is 0 Å². The fraction of sp³-hybridized carbons (Fsp3) is 0.235. The summed E-state index contributed by atoms with van der Waals surface area (Å²) in [4.78, 5) is 0.220. The van der Waals surface area contributed by atoms with E-state index in [4.69, 9.17) is 11.6 Å². The second-order valence-corrected chi connectivity index (χ2v) is 7.60. The van der Waals surface area contributed by atoms with Gasteiger partial charge in [-0.1, -0.05) is 25.4 Å². The van der Waals surface area contributed by atoms with Crippen molar-refractivity contribution >= 4 is 33.9 Å². The molecule has 3 rings (SSSR count). The predicted molar refractivity (Wildman–Crippen MR) is 95.8 cm³/mol. The SMILES string of the molecule is CC(C)c1cc2c(Cl)ccc(NS(=O)c3ccc(C(F)(F)F)cc3)n2n1. The van der Waals surface area contributed by atoms with Gasteiger partial charge >= 0.3 is 6.18 Å². The molecule has 1 unspecified atom stereocenters. The summed E-state index contributed by atoms with van der Waals surface area (Å²) in [6, 6.07) is 9.28. The molecule has 4 nitrogen and oxygen atoms in total. The fourth-order valence-electron chi connectivity index (χ4n) is 2.34. The van der Waals surface area contributed by atoms with Crippen LogP contribution < -0.4 is 4.72 Å². The summed E-state index contributed by atoms with van der Waals surface area (Å²) in [5, 5.41) is 4.95. The Kier molecular flexibility index (Phi) is 4.98. The highest BCUT2D eigenvalue weighted by Crippen LogP contribution is 2.30. The van der Waals surface area contributed by atoms with Crippen molar-refractivity contribution < 1.29 is 17.4 Å². The highest BCUT2D eigenvalue weighted by atomic mass is 35.5. The average molecular weight is 402 g/mol. The van der Waals surface area contributed by atoms with Gasteiger partial charge in [0.1, 0.15) is 5.82 Å². The van der Waals surface area contributed by atoms with Gasteiger partial charge in [0, 0.05) is 0 Å². The van der Waals surface area contributed by atoms with E-state index in [1.165, 1.54) is 12.1 Å². The molecule has 0 spiro atoms. The molecule has 138 valence electrons. The third-order valence-corrected chi connectivity index (χ3v) is 5.19. The number of anilines is 1. The molecule has 0 amide bonds. The van der Waals surface area contributed by atoms with Crippen LogP contribution in [0.1, 0.15) is 31.0 Å². The maximum Gasteiger partial charge on any atom is 0.416 e. The van der Waals surface area contributed by atoms with E-state index in [9.17, 15) is 17.4 Å². The number of hydrogen-bond acceptors (Lipinski definition) is 2. The van der Waals surface area contributed by atoms with Gasteiger partial charge in [-0.15, -0.1) is 0 Å². The molecule has 9 heteroatoms. The summed E-state index contributed by atoms with van der Waals surface area (Å²) in [6.45, 7) is 3.98. The zero-order valence-corrected chi connectivity index (χ0v) is 15.4. The number of rotatable bonds is 4. The van der Waals surface area contributed by atoms with Gasteiger partial charge < -0.3 is 0 Å². The summed E-state index contributed by atoms with van der Waals surface area (Å²) < 4.78 is 54.7. The minimum absolute atomic E-state index is 0.180. The van der Waals surface area contributed by atoms with Gasteiger partial charge in [0.2, 0.25) is 0 Å². The number of fused-ring (bicyclic) bond motifs is 1. The molecule has 2 aromatic heterocycles. The second kappa shape index (κ2) is 6.92. The zero-order valence-electron chi connectivity index (χ0n) is 13.8. The lowest BCUT2D eigenvalue weighted by Gasteiger charge is -2.10. The number of pyridine rings is 1. The van der Waals surface area contributed by atoms with Crippen molar-refractivity contribution in [1.29, 1.82) is 0 Å². The molecule has 0 bridgehead atoms. The van der Waals surface area contributed by atoms with E-state index in [0.717, 1.165) is 17.8 Å². The number of halogens is 4. The molecular weight excluding hydrogens is 387 g/mol. The lowest BCUT2D eigenvalue weighted by atomic mass is 10.1. The first-order valence-electron chi connectivity index (χ1n) is 7.70. The largest absolute Gasteiger partial charge is 0.416 e. The smallest absolute Gasteiger partial charge is 0.285 e. The van der Waals surface area contributed by atoms with E-state index in [2.05, 4.69) is 9.82 Å². The minimum atomic E-state index is -4.43. The third kappa shape index (κ3) is 3.71. The molecule has 26 heavy (non-hydrogen) atoms. The van der Waals surface area contributed by atoms with Gasteiger partial charge in [0.15, 0.2) is 11.0 Å². The molecular formula is C17H15ClF3N3OS.